The minimum Gasteiger partial charge on any atom is -0.387 e. The molecule has 4 heteroatoms. The van der Waals surface area contributed by atoms with Crippen LogP contribution in [0.1, 0.15) is 34.9 Å². The van der Waals surface area contributed by atoms with Gasteiger partial charge in [0, 0.05) is 17.8 Å². The largest absolute Gasteiger partial charge is 0.387 e. The molecule has 1 aliphatic carbocycles. The molecular weight excluding hydrogens is 240 g/mol. The summed E-state index contributed by atoms with van der Waals surface area (Å²) in [5.74, 6) is -0.129. The molecule has 0 bridgehead atoms. The van der Waals surface area contributed by atoms with Crippen LogP contribution in [0, 0.1) is 0 Å². The standard InChI is InChI=1S/C15H18N2O2/c16-10-14(18)11-6-8-12(9-7-11)15(19)17-13-4-2-1-3-5-13/h1-2,4,6-9,14,18H,3,5,10,16H2,(H,17,19). The number of rotatable bonds is 4. The molecule has 0 fully saturated rings. The molecule has 19 heavy (non-hydrogen) atoms. The summed E-state index contributed by atoms with van der Waals surface area (Å²) >= 11 is 0. The van der Waals surface area contributed by atoms with Gasteiger partial charge in [0.2, 0.25) is 0 Å². The van der Waals surface area contributed by atoms with Gasteiger partial charge in [-0.3, -0.25) is 4.79 Å². The number of allylic oxidation sites excluding steroid dienone is 4. The first-order chi connectivity index (χ1) is 9.20. The molecule has 1 atom stereocenters. The van der Waals surface area contributed by atoms with Crippen molar-refractivity contribution in [1.29, 1.82) is 0 Å². The van der Waals surface area contributed by atoms with Crippen molar-refractivity contribution in [1.82, 2.24) is 5.32 Å². The van der Waals surface area contributed by atoms with E-state index in [0.29, 0.717) is 5.56 Å². The summed E-state index contributed by atoms with van der Waals surface area (Å²) in [5, 5.41) is 12.5. The first-order valence-corrected chi connectivity index (χ1v) is 6.36. The van der Waals surface area contributed by atoms with Crippen LogP contribution in [0.4, 0.5) is 0 Å². The Balaban J connectivity index is 2.03. The fraction of sp³-hybridized carbons (Fsp3) is 0.267. The van der Waals surface area contributed by atoms with Crippen LogP contribution in [0.25, 0.3) is 0 Å². The van der Waals surface area contributed by atoms with Gasteiger partial charge in [0.25, 0.3) is 5.91 Å². The van der Waals surface area contributed by atoms with Gasteiger partial charge in [-0.1, -0.05) is 24.3 Å². The van der Waals surface area contributed by atoms with Crippen LogP contribution in [0.3, 0.4) is 0 Å². The van der Waals surface area contributed by atoms with Crippen molar-refractivity contribution in [2.24, 2.45) is 5.73 Å². The number of benzene rings is 1. The van der Waals surface area contributed by atoms with E-state index < -0.39 is 6.10 Å². The van der Waals surface area contributed by atoms with E-state index in [-0.39, 0.29) is 12.5 Å². The van der Waals surface area contributed by atoms with Gasteiger partial charge in [0.05, 0.1) is 6.10 Å². The molecule has 0 saturated carbocycles. The highest BCUT2D eigenvalue weighted by Crippen LogP contribution is 2.14. The second-order valence-corrected chi connectivity index (χ2v) is 4.49. The number of hydrogen-bond donors (Lipinski definition) is 3. The number of hydrogen-bond acceptors (Lipinski definition) is 3. The molecule has 0 spiro atoms. The molecular formula is C15H18N2O2. The number of nitrogens with one attached hydrogen (secondary N) is 1. The van der Waals surface area contributed by atoms with Crippen molar-refractivity contribution in [3.63, 3.8) is 0 Å². The molecule has 0 aliphatic heterocycles. The second kappa shape index (κ2) is 6.31. The zero-order valence-corrected chi connectivity index (χ0v) is 10.7. The minimum absolute atomic E-state index is 0.129. The van der Waals surface area contributed by atoms with Gasteiger partial charge in [0.1, 0.15) is 0 Å². The quantitative estimate of drug-likeness (QED) is 0.768. The second-order valence-electron chi connectivity index (χ2n) is 4.49. The Hall–Kier alpha value is -1.91. The summed E-state index contributed by atoms with van der Waals surface area (Å²) in [5.41, 5.74) is 7.61. The molecule has 1 aliphatic rings. The highest BCUT2D eigenvalue weighted by atomic mass is 16.3. The highest BCUT2D eigenvalue weighted by Gasteiger charge is 2.10. The summed E-state index contributed by atoms with van der Waals surface area (Å²) in [6.07, 6.45) is 7.05. The summed E-state index contributed by atoms with van der Waals surface area (Å²) < 4.78 is 0. The lowest BCUT2D eigenvalue weighted by molar-refractivity contribution is 0.0964. The van der Waals surface area contributed by atoms with Crippen LogP contribution < -0.4 is 11.1 Å². The van der Waals surface area contributed by atoms with Crippen LogP contribution in [-0.2, 0) is 0 Å². The lowest BCUT2D eigenvalue weighted by atomic mass is 10.1. The van der Waals surface area contributed by atoms with Crippen molar-refractivity contribution in [3.05, 3.63) is 59.3 Å². The van der Waals surface area contributed by atoms with Gasteiger partial charge in [-0.25, -0.2) is 0 Å². The van der Waals surface area contributed by atoms with Crippen molar-refractivity contribution in [2.45, 2.75) is 18.9 Å². The highest BCUT2D eigenvalue weighted by molar-refractivity contribution is 5.95. The maximum absolute atomic E-state index is 12.0. The minimum atomic E-state index is -0.677. The summed E-state index contributed by atoms with van der Waals surface area (Å²) in [6, 6.07) is 6.84. The van der Waals surface area contributed by atoms with Crippen molar-refractivity contribution < 1.29 is 9.90 Å². The summed E-state index contributed by atoms with van der Waals surface area (Å²) in [4.78, 5) is 12.0. The third-order valence-electron chi connectivity index (χ3n) is 3.07. The van der Waals surface area contributed by atoms with Gasteiger partial charge < -0.3 is 16.2 Å². The SMILES string of the molecule is NCC(O)c1ccc(C(=O)NC2=CC=CCC2)cc1. The average molecular weight is 258 g/mol. The first-order valence-electron chi connectivity index (χ1n) is 6.36. The molecule has 0 radical (unpaired) electrons. The van der Waals surface area contributed by atoms with Crippen LogP contribution in [-0.4, -0.2) is 17.6 Å². The van der Waals surface area contributed by atoms with Crippen LogP contribution in [0.5, 0.6) is 0 Å². The van der Waals surface area contributed by atoms with Crippen molar-refractivity contribution >= 4 is 5.91 Å². The van der Waals surface area contributed by atoms with E-state index in [2.05, 4.69) is 11.4 Å². The van der Waals surface area contributed by atoms with Crippen molar-refractivity contribution in [2.75, 3.05) is 6.54 Å². The maximum atomic E-state index is 12.0. The fourth-order valence-electron chi connectivity index (χ4n) is 1.92. The van der Waals surface area contributed by atoms with Gasteiger partial charge >= 0.3 is 0 Å². The first kappa shape index (κ1) is 13.5. The van der Waals surface area contributed by atoms with E-state index >= 15 is 0 Å². The molecule has 0 heterocycles. The molecule has 0 saturated heterocycles. The number of nitrogens with two attached hydrogens (primary N) is 1. The van der Waals surface area contributed by atoms with E-state index in [1.807, 2.05) is 12.2 Å². The topological polar surface area (TPSA) is 75.3 Å². The number of carbonyl (C=O) groups is 1. The van der Waals surface area contributed by atoms with Crippen molar-refractivity contribution in [3.8, 4) is 0 Å². The van der Waals surface area contributed by atoms with E-state index in [1.54, 1.807) is 24.3 Å². The molecule has 2 rings (SSSR count). The lowest BCUT2D eigenvalue weighted by Gasteiger charge is -2.12. The smallest absolute Gasteiger partial charge is 0.255 e. The van der Waals surface area contributed by atoms with Gasteiger partial charge in [0.15, 0.2) is 0 Å². The van der Waals surface area contributed by atoms with E-state index in [9.17, 15) is 9.90 Å². The summed E-state index contributed by atoms with van der Waals surface area (Å²) in [7, 11) is 0. The van der Waals surface area contributed by atoms with Gasteiger partial charge in [-0.15, -0.1) is 0 Å². The normalized spacial score (nSPS) is 15.8. The van der Waals surface area contributed by atoms with Gasteiger partial charge in [-0.05, 0) is 36.6 Å². The van der Waals surface area contributed by atoms with Crippen LogP contribution >= 0.6 is 0 Å². The third kappa shape index (κ3) is 3.53. The third-order valence-corrected chi connectivity index (χ3v) is 3.07. The molecule has 1 unspecified atom stereocenters. The number of amides is 1. The fourth-order valence-corrected chi connectivity index (χ4v) is 1.92. The molecule has 1 aromatic carbocycles. The number of aliphatic hydroxyl groups is 1. The zero-order chi connectivity index (χ0) is 13.7. The molecule has 4 nitrogen and oxygen atoms in total. The molecule has 0 aromatic heterocycles. The predicted molar refractivity (Wildman–Crippen MR) is 74.4 cm³/mol. The van der Waals surface area contributed by atoms with E-state index in [4.69, 9.17) is 5.73 Å². The Morgan fingerprint density at radius 2 is 2.11 bits per heavy atom. The Morgan fingerprint density at radius 1 is 1.37 bits per heavy atom. The molecule has 1 amide bonds. The number of aliphatic hydroxyl groups excluding tert-OH is 1. The predicted octanol–water partition coefficient (Wildman–Crippen LogP) is 1.64. The maximum Gasteiger partial charge on any atom is 0.255 e. The van der Waals surface area contributed by atoms with Crippen LogP contribution in [0.2, 0.25) is 0 Å². The monoisotopic (exact) mass is 258 g/mol. The Labute approximate surface area is 112 Å². The number of carbonyl (C=O) groups excluding carboxylic acids is 1. The zero-order valence-electron chi connectivity index (χ0n) is 10.7. The van der Waals surface area contributed by atoms with E-state index in [1.165, 1.54) is 0 Å². The Bertz CT molecular complexity index is 503. The van der Waals surface area contributed by atoms with Crippen LogP contribution in [0.15, 0.2) is 48.2 Å². The molecule has 4 N–H and O–H groups in total. The van der Waals surface area contributed by atoms with E-state index in [0.717, 1.165) is 24.1 Å². The molecule has 1 aromatic rings. The Morgan fingerprint density at radius 3 is 2.68 bits per heavy atom. The summed E-state index contributed by atoms with van der Waals surface area (Å²) in [6.45, 7) is 0.171. The Kier molecular flexibility index (Phi) is 4.49. The molecule has 100 valence electrons. The van der Waals surface area contributed by atoms with Gasteiger partial charge in [-0.2, -0.15) is 0 Å². The lowest BCUT2D eigenvalue weighted by Crippen LogP contribution is -2.23. The average Bonchev–Trinajstić information content (AvgIpc) is 2.47.